The summed E-state index contributed by atoms with van der Waals surface area (Å²) in [6.07, 6.45) is 9.26. The molecule has 1 aliphatic rings. The summed E-state index contributed by atoms with van der Waals surface area (Å²) in [7, 11) is 1.39. The average molecular weight is 485 g/mol. The van der Waals surface area contributed by atoms with Gasteiger partial charge in [-0.15, -0.1) is 6.42 Å². The monoisotopic (exact) mass is 485 g/mol. The largest absolute Gasteiger partial charge is 0.508 e. The molecule has 180 valence electrons. The first kappa shape index (κ1) is 23.3. The van der Waals surface area contributed by atoms with E-state index in [-0.39, 0.29) is 45.4 Å². The van der Waals surface area contributed by atoms with E-state index in [9.17, 15) is 14.8 Å². The van der Waals surface area contributed by atoms with Crippen molar-refractivity contribution in [3.05, 3.63) is 47.7 Å². The Hall–Kier alpha value is -4.50. The lowest BCUT2D eigenvalue weighted by Crippen LogP contribution is -2.26. The molecule has 0 bridgehead atoms. The Kier molecular flexibility index (Phi) is 5.99. The first-order chi connectivity index (χ1) is 17.4. The van der Waals surface area contributed by atoms with Gasteiger partial charge in [0, 0.05) is 36.2 Å². The Morgan fingerprint density at radius 3 is 2.78 bits per heavy atom. The third-order valence-electron chi connectivity index (χ3n) is 6.49. The molecule has 2 aromatic heterocycles. The van der Waals surface area contributed by atoms with Gasteiger partial charge in [-0.05, 0) is 42.8 Å². The number of aromatic hydroxyl groups is 1. The molecule has 0 amide bonds. The lowest BCUT2D eigenvalue weighted by molar-refractivity contribution is 0.381. The Labute approximate surface area is 206 Å². The number of ether oxygens (including phenoxy) is 1. The van der Waals surface area contributed by atoms with Crippen LogP contribution in [-0.2, 0) is 0 Å². The second kappa shape index (κ2) is 9.27. The number of terminal acetylenes is 1. The third-order valence-corrected chi connectivity index (χ3v) is 6.49. The number of benzene rings is 2. The zero-order chi connectivity index (χ0) is 25.4. The maximum Gasteiger partial charge on any atom is 0.318 e. The van der Waals surface area contributed by atoms with Crippen molar-refractivity contribution in [2.75, 3.05) is 25.1 Å². The van der Waals surface area contributed by atoms with Gasteiger partial charge >= 0.3 is 6.01 Å². The summed E-state index contributed by atoms with van der Waals surface area (Å²) in [6, 6.07) is 7.69. The first-order valence-electron chi connectivity index (χ1n) is 11.4. The number of pyridine rings is 1. The number of phenols is 1. The maximum absolute atomic E-state index is 16.1. The van der Waals surface area contributed by atoms with E-state index >= 15 is 4.39 Å². The maximum atomic E-state index is 16.1. The summed E-state index contributed by atoms with van der Waals surface area (Å²) >= 11 is 0. The number of hydrogen-bond donors (Lipinski definition) is 1. The molecule has 0 radical (unpaired) electrons. The first-order valence-corrected chi connectivity index (χ1v) is 11.4. The molecular formula is C27H21F2N5O2. The van der Waals surface area contributed by atoms with Gasteiger partial charge in [-0.3, -0.25) is 4.98 Å². The summed E-state index contributed by atoms with van der Waals surface area (Å²) in [4.78, 5) is 15.1. The van der Waals surface area contributed by atoms with Crippen LogP contribution in [0.5, 0.6) is 11.8 Å². The van der Waals surface area contributed by atoms with Crippen molar-refractivity contribution in [1.29, 1.82) is 5.26 Å². The summed E-state index contributed by atoms with van der Waals surface area (Å²) in [5.74, 6) is 1.18. The van der Waals surface area contributed by atoms with Gasteiger partial charge in [-0.25, -0.2) is 8.78 Å². The number of phenolic OH excluding ortho intramolecular Hbond substituents is 1. The summed E-state index contributed by atoms with van der Waals surface area (Å²) in [5, 5.41) is 20.7. The van der Waals surface area contributed by atoms with Crippen LogP contribution in [0.2, 0.25) is 0 Å². The van der Waals surface area contributed by atoms with Crippen LogP contribution in [-0.4, -0.2) is 40.3 Å². The number of methoxy groups -OCH3 is 1. The normalized spacial score (nSPS) is 15.9. The second-order valence-electron chi connectivity index (χ2n) is 8.62. The molecular weight excluding hydrogens is 464 g/mol. The van der Waals surface area contributed by atoms with Crippen molar-refractivity contribution in [2.45, 2.75) is 19.3 Å². The molecule has 0 spiro atoms. The zero-order valence-electron chi connectivity index (χ0n) is 19.4. The minimum Gasteiger partial charge on any atom is -0.508 e. The molecule has 36 heavy (non-hydrogen) atoms. The van der Waals surface area contributed by atoms with Crippen molar-refractivity contribution in [2.24, 2.45) is 5.92 Å². The van der Waals surface area contributed by atoms with Crippen LogP contribution in [0.25, 0.3) is 32.9 Å². The van der Waals surface area contributed by atoms with Gasteiger partial charge in [0.05, 0.1) is 24.1 Å². The van der Waals surface area contributed by atoms with Crippen LogP contribution >= 0.6 is 0 Å². The highest BCUT2D eigenvalue weighted by Gasteiger charge is 2.25. The van der Waals surface area contributed by atoms with Crippen molar-refractivity contribution >= 4 is 27.5 Å². The molecule has 7 nitrogen and oxygen atoms in total. The molecule has 1 fully saturated rings. The van der Waals surface area contributed by atoms with Crippen LogP contribution in [0.3, 0.4) is 0 Å². The minimum atomic E-state index is -0.779. The molecule has 5 rings (SSSR count). The molecule has 0 aliphatic carbocycles. The van der Waals surface area contributed by atoms with Gasteiger partial charge in [0.25, 0.3) is 0 Å². The molecule has 4 aromatic rings. The molecule has 1 N–H and O–H groups in total. The van der Waals surface area contributed by atoms with Gasteiger partial charge < -0.3 is 14.7 Å². The van der Waals surface area contributed by atoms with E-state index in [1.54, 1.807) is 0 Å². The van der Waals surface area contributed by atoms with E-state index in [1.807, 2.05) is 4.90 Å². The van der Waals surface area contributed by atoms with Crippen LogP contribution in [0, 0.1) is 41.2 Å². The average Bonchev–Trinajstić information content (AvgIpc) is 3.14. The fourth-order valence-corrected chi connectivity index (χ4v) is 4.73. The van der Waals surface area contributed by atoms with Gasteiger partial charge in [0.15, 0.2) is 5.82 Å². The smallest absolute Gasteiger partial charge is 0.318 e. The van der Waals surface area contributed by atoms with Gasteiger partial charge in [-0.1, -0.05) is 12.0 Å². The van der Waals surface area contributed by atoms with Crippen molar-refractivity contribution in [3.8, 4) is 41.4 Å². The van der Waals surface area contributed by atoms with E-state index in [2.05, 4.69) is 26.9 Å². The number of anilines is 1. The Bertz CT molecular complexity index is 1590. The Morgan fingerprint density at radius 1 is 1.19 bits per heavy atom. The molecule has 1 aliphatic heterocycles. The summed E-state index contributed by atoms with van der Waals surface area (Å²) in [5.41, 5.74) is -0.0836. The molecule has 1 saturated heterocycles. The summed E-state index contributed by atoms with van der Waals surface area (Å²) in [6.45, 7) is 1.21. The predicted octanol–water partition coefficient (Wildman–Crippen LogP) is 4.95. The molecule has 3 heterocycles. The van der Waals surface area contributed by atoms with Crippen LogP contribution in [0.4, 0.5) is 14.6 Å². The Morgan fingerprint density at radius 2 is 2.03 bits per heavy atom. The molecule has 1 atom stereocenters. The highest BCUT2D eigenvalue weighted by atomic mass is 19.1. The van der Waals surface area contributed by atoms with Crippen molar-refractivity contribution < 1.29 is 18.6 Å². The highest BCUT2D eigenvalue weighted by molar-refractivity contribution is 6.03. The van der Waals surface area contributed by atoms with E-state index in [1.165, 1.54) is 37.6 Å². The number of halogens is 2. The number of nitrogens with zero attached hydrogens (tertiary/aromatic N) is 5. The van der Waals surface area contributed by atoms with E-state index in [0.29, 0.717) is 36.1 Å². The van der Waals surface area contributed by atoms with Gasteiger partial charge in [-0.2, -0.15) is 15.2 Å². The van der Waals surface area contributed by atoms with Gasteiger partial charge in [0.2, 0.25) is 0 Å². The zero-order valence-corrected chi connectivity index (χ0v) is 19.4. The van der Waals surface area contributed by atoms with E-state index in [4.69, 9.17) is 11.2 Å². The van der Waals surface area contributed by atoms with Crippen LogP contribution < -0.4 is 9.64 Å². The number of hydrogen-bond acceptors (Lipinski definition) is 7. The van der Waals surface area contributed by atoms with Crippen molar-refractivity contribution in [3.63, 3.8) is 0 Å². The Balaban J connectivity index is 1.74. The summed E-state index contributed by atoms with van der Waals surface area (Å²) < 4.78 is 35.9. The molecule has 2 aromatic carbocycles. The lowest BCUT2D eigenvalue weighted by atomic mass is 9.96. The standard InChI is InChI=1S/C27H21F2N5O2/c1-3-18-21(28)7-6-16-11-17(35)12-19(22(16)18)24-23(29)25-20(14-31-24)26(33-27(32-25)36-2)34-9-4-5-15(13-30)8-10-34/h1,6-7,11-12,14-15,35H,4-5,8-10H2,2H3. The topological polar surface area (TPSA) is 95.2 Å². The number of aromatic nitrogens is 3. The fraction of sp³-hybridized carbons (Fsp3) is 0.259. The highest BCUT2D eigenvalue weighted by Crippen LogP contribution is 2.38. The van der Waals surface area contributed by atoms with E-state index < -0.39 is 11.6 Å². The molecule has 1 unspecified atom stereocenters. The number of nitriles is 1. The fourth-order valence-electron chi connectivity index (χ4n) is 4.73. The molecule has 0 saturated carbocycles. The minimum absolute atomic E-state index is 0.0224. The quantitative estimate of drug-likeness (QED) is 0.410. The van der Waals surface area contributed by atoms with Crippen LogP contribution in [0.15, 0.2) is 30.5 Å². The van der Waals surface area contributed by atoms with E-state index in [0.717, 1.165) is 12.8 Å². The van der Waals surface area contributed by atoms with Crippen LogP contribution in [0.1, 0.15) is 24.8 Å². The number of rotatable bonds is 3. The predicted molar refractivity (Wildman–Crippen MR) is 132 cm³/mol. The third kappa shape index (κ3) is 3.89. The van der Waals surface area contributed by atoms with Crippen molar-refractivity contribution in [1.82, 2.24) is 15.0 Å². The second-order valence-corrected chi connectivity index (χ2v) is 8.62. The number of fused-ring (bicyclic) bond motifs is 2. The lowest BCUT2D eigenvalue weighted by Gasteiger charge is -2.23. The molecule has 9 heteroatoms. The van der Waals surface area contributed by atoms with Gasteiger partial charge in [0.1, 0.15) is 28.6 Å². The SMILES string of the molecule is C#Cc1c(F)ccc2cc(O)cc(-c3ncc4c(N5CCCC(C#N)CC5)nc(OC)nc4c3F)c12.